The van der Waals surface area contributed by atoms with Crippen LogP contribution in [0, 0.1) is 12.3 Å². The van der Waals surface area contributed by atoms with Crippen molar-refractivity contribution in [2.24, 2.45) is 11.7 Å². The minimum Gasteiger partial charge on any atom is -0.393 e. The number of aliphatic hydroxyl groups excluding tert-OH is 1. The first-order chi connectivity index (χ1) is 10.2. The van der Waals surface area contributed by atoms with Gasteiger partial charge in [0.1, 0.15) is 0 Å². The van der Waals surface area contributed by atoms with Crippen molar-refractivity contribution in [1.82, 2.24) is 0 Å². The Morgan fingerprint density at radius 3 is 2.59 bits per heavy atom. The van der Waals surface area contributed by atoms with Crippen LogP contribution in [0.2, 0.25) is 5.02 Å². The molecule has 123 valence electrons. The number of hydrogen-bond acceptors (Lipinski definition) is 3. The van der Waals surface area contributed by atoms with Gasteiger partial charge in [-0.1, -0.05) is 29.8 Å². The summed E-state index contributed by atoms with van der Waals surface area (Å²) in [6, 6.07) is 7.43. The Balaban J connectivity index is 2.48. The molecule has 1 amide bonds. The molecule has 4 N–H and O–H groups in total. The lowest BCUT2D eigenvalue weighted by atomic mass is 9.89. The molecule has 0 heterocycles. The fourth-order valence-electron chi connectivity index (χ4n) is 2.22. The molecule has 0 bridgehead atoms. The second-order valence-electron chi connectivity index (χ2n) is 6.28. The largest absolute Gasteiger partial charge is 0.393 e. The molecule has 0 saturated heterocycles. The zero-order valence-electron chi connectivity index (χ0n) is 13.1. The van der Waals surface area contributed by atoms with Crippen LogP contribution in [0.5, 0.6) is 0 Å². The minimum atomic E-state index is -0.847. The van der Waals surface area contributed by atoms with Crippen LogP contribution in [-0.4, -0.2) is 27.8 Å². The van der Waals surface area contributed by atoms with Gasteiger partial charge in [-0.15, -0.1) is 0 Å². The van der Waals surface area contributed by atoms with E-state index in [1.54, 1.807) is 26.3 Å². The first-order valence-electron chi connectivity index (χ1n) is 7.45. The van der Waals surface area contributed by atoms with Crippen molar-refractivity contribution in [3.05, 3.63) is 41.3 Å². The van der Waals surface area contributed by atoms with E-state index in [0.29, 0.717) is 24.3 Å². The van der Waals surface area contributed by atoms with E-state index >= 15 is 0 Å². The molecule has 0 unspecified atom stereocenters. The van der Waals surface area contributed by atoms with E-state index in [0.717, 1.165) is 5.56 Å². The smallest absolute Gasteiger partial charge is 0.220 e. The highest BCUT2D eigenvalue weighted by Crippen LogP contribution is 2.22. The summed E-state index contributed by atoms with van der Waals surface area (Å²) in [6.07, 6.45) is 2.68. The number of amides is 1. The molecule has 1 rings (SSSR count). The van der Waals surface area contributed by atoms with E-state index in [2.05, 4.69) is 0 Å². The zero-order chi connectivity index (χ0) is 16.8. The molecule has 2 atom stereocenters. The number of carbonyl (C=O) groups is 1. The van der Waals surface area contributed by atoms with E-state index in [1.165, 1.54) is 0 Å². The van der Waals surface area contributed by atoms with Gasteiger partial charge in [0.15, 0.2) is 0 Å². The average molecular weight is 327 g/mol. The highest BCUT2D eigenvalue weighted by atomic mass is 35.5. The highest BCUT2D eigenvalue weighted by molar-refractivity contribution is 6.31. The summed E-state index contributed by atoms with van der Waals surface area (Å²) in [6.45, 7) is 3.37. The van der Waals surface area contributed by atoms with Crippen molar-refractivity contribution >= 4 is 17.5 Å². The van der Waals surface area contributed by atoms with Gasteiger partial charge in [0.25, 0.3) is 0 Å². The number of halogens is 1. The van der Waals surface area contributed by atoms with Gasteiger partial charge in [0.2, 0.25) is 5.91 Å². The van der Waals surface area contributed by atoms with Gasteiger partial charge in [0.05, 0.1) is 11.7 Å². The number of benzene rings is 1. The third-order valence-electron chi connectivity index (χ3n) is 3.60. The summed E-state index contributed by atoms with van der Waals surface area (Å²) in [5, 5.41) is 20.5. The van der Waals surface area contributed by atoms with Crippen LogP contribution in [-0.2, 0) is 11.2 Å². The summed E-state index contributed by atoms with van der Waals surface area (Å²) in [5.41, 5.74) is 5.46. The van der Waals surface area contributed by atoms with Crippen molar-refractivity contribution in [2.45, 2.75) is 51.2 Å². The molecule has 0 aliphatic rings. The standard InChI is InChI=1S/C17H25ClNO3/c1-17(2,22)10-9-13(16(19)21)11-14(20)8-7-12-5-3-4-6-15(12)18/h3-6,8,13-14,20,22H,7,9-11H2,1-2H3,(H2,19,21)/t13-,14+/m1/s1. The normalized spacial score (nSPS) is 14.6. The molecule has 0 fully saturated rings. The first kappa shape index (κ1) is 18.9. The summed E-state index contributed by atoms with van der Waals surface area (Å²) in [4.78, 5) is 11.5. The lowest BCUT2D eigenvalue weighted by molar-refractivity contribution is -0.123. The Labute approximate surface area is 137 Å². The van der Waals surface area contributed by atoms with Crippen molar-refractivity contribution in [2.75, 3.05) is 0 Å². The van der Waals surface area contributed by atoms with Gasteiger partial charge in [-0.3, -0.25) is 4.79 Å². The Morgan fingerprint density at radius 1 is 1.41 bits per heavy atom. The number of rotatable bonds is 9. The predicted molar refractivity (Wildman–Crippen MR) is 88.3 cm³/mol. The summed E-state index contributed by atoms with van der Waals surface area (Å²) in [7, 11) is 0. The van der Waals surface area contributed by atoms with Crippen LogP contribution in [0.25, 0.3) is 0 Å². The van der Waals surface area contributed by atoms with Crippen molar-refractivity contribution < 1.29 is 15.0 Å². The van der Waals surface area contributed by atoms with E-state index in [9.17, 15) is 15.0 Å². The number of aliphatic hydroxyl groups is 2. The molecular weight excluding hydrogens is 302 g/mol. The molecule has 0 aliphatic heterocycles. The Hall–Kier alpha value is -1.10. The maximum absolute atomic E-state index is 11.5. The van der Waals surface area contributed by atoms with Crippen LogP contribution < -0.4 is 5.73 Å². The summed E-state index contributed by atoms with van der Waals surface area (Å²) >= 11 is 6.06. The third kappa shape index (κ3) is 7.25. The van der Waals surface area contributed by atoms with Crippen LogP contribution in [0.1, 0.15) is 38.7 Å². The van der Waals surface area contributed by atoms with Gasteiger partial charge >= 0.3 is 0 Å². The van der Waals surface area contributed by atoms with Gasteiger partial charge in [0, 0.05) is 10.9 Å². The number of carbonyl (C=O) groups excluding carboxylic acids is 1. The molecule has 0 aliphatic carbocycles. The van der Waals surface area contributed by atoms with Crippen LogP contribution >= 0.6 is 11.6 Å². The molecule has 0 saturated carbocycles. The number of hydrogen-bond donors (Lipinski definition) is 3. The van der Waals surface area contributed by atoms with Gasteiger partial charge in [-0.05, 0) is 57.6 Å². The van der Waals surface area contributed by atoms with E-state index in [4.69, 9.17) is 17.3 Å². The molecule has 22 heavy (non-hydrogen) atoms. The van der Waals surface area contributed by atoms with Gasteiger partial charge in [-0.2, -0.15) is 0 Å². The summed E-state index contributed by atoms with van der Waals surface area (Å²) < 4.78 is 0. The molecule has 0 aromatic heterocycles. The zero-order valence-corrected chi connectivity index (χ0v) is 13.9. The second kappa shape index (κ2) is 8.51. The Kier molecular flexibility index (Phi) is 7.33. The monoisotopic (exact) mass is 326 g/mol. The van der Waals surface area contributed by atoms with Crippen LogP contribution in [0.4, 0.5) is 0 Å². The van der Waals surface area contributed by atoms with E-state index < -0.39 is 23.5 Å². The van der Waals surface area contributed by atoms with Crippen molar-refractivity contribution in [3.63, 3.8) is 0 Å². The molecule has 1 radical (unpaired) electrons. The molecular formula is C17H25ClNO3. The Morgan fingerprint density at radius 2 is 2.05 bits per heavy atom. The molecule has 1 aromatic carbocycles. The topological polar surface area (TPSA) is 83.6 Å². The molecule has 5 heteroatoms. The second-order valence-corrected chi connectivity index (χ2v) is 6.69. The van der Waals surface area contributed by atoms with Crippen molar-refractivity contribution in [3.8, 4) is 0 Å². The first-order valence-corrected chi connectivity index (χ1v) is 7.83. The summed E-state index contributed by atoms with van der Waals surface area (Å²) in [5.74, 6) is -0.904. The molecule has 0 spiro atoms. The predicted octanol–water partition coefficient (Wildman–Crippen LogP) is 2.49. The third-order valence-corrected chi connectivity index (χ3v) is 3.97. The number of primary amides is 1. The fraction of sp³-hybridized carbons (Fsp3) is 0.529. The molecule has 1 aromatic rings. The lowest BCUT2D eigenvalue weighted by Crippen LogP contribution is -2.30. The van der Waals surface area contributed by atoms with Gasteiger partial charge < -0.3 is 15.9 Å². The lowest BCUT2D eigenvalue weighted by Gasteiger charge is -2.22. The van der Waals surface area contributed by atoms with E-state index in [1.807, 2.05) is 18.2 Å². The van der Waals surface area contributed by atoms with Gasteiger partial charge in [-0.25, -0.2) is 0 Å². The highest BCUT2D eigenvalue weighted by Gasteiger charge is 2.23. The van der Waals surface area contributed by atoms with Crippen LogP contribution in [0.15, 0.2) is 24.3 Å². The maximum Gasteiger partial charge on any atom is 0.220 e. The molecule has 4 nitrogen and oxygen atoms in total. The quantitative estimate of drug-likeness (QED) is 0.652. The van der Waals surface area contributed by atoms with Crippen LogP contribution in [0.3, 0.4) is 0 Å². The van der Waals surface area contributed by atoms with E-state index in [-0.39, 0.29) is 6.42 Å². The van der Waals surface area contributed by atoms with Crippen molar-refractivity contribution in [1.29, 1.82) is 0 Å². The fourth-order valence-corrected chi connectivity index (χ4v) is 2.43. The minimum absolute atomic E-state index is 0.260. The number of nitrogens with two attached hydrogens (primary N) is 1. The Bertz CT molecular complexity index is 485. The SMILES string of the molecule is CC(C)(O)CC[C@H](C[C@@H](O)[CH]Cc1ccccc1Cl)C(N)=O. The maximum atomic E-state index is 11.5. The average Bonchev–Trinajstić information content (AvgIpc) is 2.41.